The lowest BCUT2D eigenvalue weighted by molar-refractivity contribution is 0.102. The molecule has 2 aromatic carbocycles. The van der Waals surface area contributed by atoms with Gasteiger partial charge in [0.2, 0.25) is 0 Å². The highest BCUT2D eigenvalue weighted by Gasteiger charge is 2.29. The number of hydrogen-bond donors (Lipinski definition) is 1. The highest BCUT2D eigenvalue weighted by molar-refractivity contribution is 6.04. The van der Waals surface area contributed by atoms with Crippen molar-refractivity contribution >= 4 is 22.6 Å². The Balaban J connectivity index is 1.29. The number of carbonyl (C=O) groups is 1. The highest BCUT2D eigenvalue weighted by Crippen LogP contribution is 2.36. The fourth-order valence-corrected chi connectivity index (χ4v) is 5.52. The third kappa shape index (κ3) is 6.55. The predicted octanol–water partition coefficient (Wildman–Crippen LogP) is 4.56. The number of benzene rings is 2. The fraction of sp³-hybridized carbons (Fsp3) is 0.303. The molecule has 0 aliphatic carbocycles. The zero-order valence-electron chi connectivity index (χ0n) is 25.8. The van der Waals surface area contributed by atoms with Crippen LogP contribution in [0.15, 0.2) is 59.8 Å². The van der Waals surface area contributed by atoms with Crippen LogP contribution in [-0.2, 0) is 22.4 Å². The molecule has 1 amide bonds. The number of amides is 1. The summed E-state index contributed by atoms with van der Waals surface area (Å²) in [6.07, 6.45) is 4.88. The third-order valence-corrected chi connectivity index (χ3v) is 7.71. The molecule has 12 nitrogen and oxygen atoms in total. The summed E-state index contributed by atoms with van der Waals surface area (Å²) in [5, 5.41) is 3.37. The van der Waals surface area contributed by atoms with Gasteiger partial charge in [0, 0.05) is 50.0 Å². The summed E-state index contributed by atoms with van der Waals surface area (Å²) < 4.78 is 53.4. The topological polar surface area (TPSA) is 132 Å². The number of nitrogens with one attached hydrogen (secondary N) is 1. The molecule has 244 valence electrons. The highest BCUT2D eigenvalue weighted by atomic mass is 19.1. The zero-order chi connectivity index (χ0) is 32.9. The van der Waals surface area contributed by atoms with E-state index in [-0.39, 0.29) is 17.1 Å². The normalized spacial score (nSPS) is 12.6. The maximum Gasteiger partial charge on any atom is 0.284 e. The van der Waals surface area contributed by atoms with Crippen molar-refractivity contribution in [1.82, 2.24) is 24.3 Å². The van der Waals surface area contributed by atoms with Gasteiger partial charge in [0.25, 0.3) is 11.5 Å². The molecule has 0 fully saturated rings. The van der Waals surface area contributed by atoms with Crippen molar-refractivity contribution in [2.75, 3.05) is 46.0 Å². The first kappa shape index (κ1) is 31.8. The molecular weight excluding hydrogens is 614 g/mol. The van der Waals surface area contributed by atoms with Gasteiger partial charge in [0.1, 0.15) is 48.2 Å². The van der Waals surface area contributed by atoms with Crippen LogP contribution < -0.4 is 20.3 Å². The second-order valence-electron chi connectivity index (χ2n) is 10.7. The quantitative estimate of drug-likeness (QED) is 0.194. The molecule has 1 aliphatic heterocycles. The molecule has 0 saturated carbocycles. The van der Waals surface area contributed by atoms with Crippen LogP contribution in [0.2, 0.25) is 0 Å². The van der Waals surface area contributed by atoms with Crippen LogP contribution in [0.4, 0.5) is 14.6 Å². The van der Waals surface area contributed by atoms with E-state index in [1.807, 2.05) is 0 Å². The third-order valence-electron chi connectivity index (χ3n) is 7.71. The number of rotatable bonds is 12. The second kappa shape index (κ2) is 14.1. The number of hydrogen-bond acceptors (Lipinski definition) is 9. The molecule has 0 atom stereocenters. The van der Waals surface area contributed by atoms with Gasteiger partial charge in [-0.2, -0.15) is 0 Å². The average Bonchev–Trinajstić information content (AvgIpc) is 3.37. The molecule has 6 rings (SSSR count). The Morgan fingerprint density at radius 2 is 1.68 bits per heavy atom. The summed E-state index contributed by atoms with van der Waals surface area (Å²) in [6, 6.07) is 9.75. The molecule has 5 aromatic rings. The van der Waals surface area contributed by atoms with Gasteiger partial charge < -0.3 is 24.3 Å². The van der Waals surface area contributed by atoms with Crippen LogP contribution in [-0.4, -0.2) is 70.9 Å². The Morgan fingerprint density at radius 3 is 2.40 bits per heavy atom. The number of carbonyl (C=O) groups excluding carboxylic acids is 1. The number of halogens is 2. The smallest absolute Gasteiger partial charge is 0.284 e. The molecule has 0 unspecified atom stereocenters. The van der Waals surface area contributed by atoms with E-state index >= 15 is 0 Å². The number of pyridine rings is 1. The van der Waals surface area contributed by atoms with Gasteiger partial charge in [-0.05, 0) is 49.6 Å². The van der Waals surface area contributed by atoms with Crippen molar-refractivity contribution in [2.45, 2.75) is 25.8 Å². The van der Waals surface area contributed by atoms with Gasteiger partial charge in [-0.15, -0.1) is 0 Å². The Morgan fingerprint density at radius 1 is 0.915 bits per heavy atom. The van der Waals surface area contributed by atoms with E-state index < -0.39 is 23.1 Å². The summed E-state index contributed by atoms with van der Waals surface area (Å²) in [4.78, 5) is 40.3. The van der Waals surface area contributed by atoms with Crippen molar-refractivity contribution in [3.63, 3.8) is 0 Å². The van der Waals surface area contributed by atoms with Gasteiger partial charge in [-0.25, -0.2) is 28.4 Å². The van der Waals surface area contributed by atoms with Crippen molar-refractivity contribution in [3.05, 3.63) is 88.2 Å². The summed E-state index contributed by atoms with van der Waals surface area (Å²) in [6.45, 7) is 1.78. The summed E-state index contributed by atoms with van der Waals surface area (Å²) in [5.41, 5.74) is 1.16. The maximum absolute atomic E-state index is 14.7. The van der Waals surface area contributed by atoms with E-state index in [4.69, 9.17) is 18.9 Å². The lowest BCUT2D eigenvalue weighted by atomic mass is 10.1. The Labute approximate surface area is 267 Å². The SMILES string of the molecule is COCCOc1cc2ncnc(-c3ccc(NC(=O)c4c5n(n(-c6cc(F)ccc6F)c4=O)CCCC5)nc3)c2cc1OCCOC. The molecule has 0 bridgehead atoms. The fourth-order valence-electron chi connectivity index (χ4n) is 5.52. The number of methoxy groups -OCH3 is 2. The summed E-state index contributed by atoms with van der Waals surface area (Å²) in [7, 11) is 3.17. The molecular formula is C33H32F2N6O6. The minimum absolute atomic E-state index is 0.134. The molecule has 4 heterocycles. The first-order chi connectivity index (χ1) is 22.9. The Hall–Kier alpha value is -5.21. The van der Waals surface area contributed by atoms with Crippen LogP contribution in [0.25, 0.3) is 27.8 Å². The van der Waals surface area contributed by atoms with E-state index in [0.29, 0.717) is 78.7 Å². The Kier molecular flexibility index (Phi) is 9.50. The van der Waals surface area contributed by atoms with E-state index in [1.165, 1.54) is 6.33 Å². The first-order valence-electron chi connectivity index (χ1n) is 15.0. The lowest BCUT2D eigenvalue weighted by Gasteiger charge is -2.19. The number of anilines is 1. The molecule has 0 radical (unpaired) electrons. The minimum Gasteiger partial charge on any atom is -0.487 e. The molecule has 1 aliphatic rings. The minimum atomic E-state index is -0.774. The van der Waals surface area contributed by atoms with Crippen molar-refractivity contribution in [2.24, 2.45) is 0 Å². The summed E-state index contributed by atoms with van der Waals surface area (Å²) >= 11 is 0. The van der Waals surface area contributed by atoms with Gasteiger partial charge in [0.15, 0.2) is 11.5 Å². The molecule has 47 heavy (non-hydrogen) atoms. The Bertz CT molecular complexity index is 1980. The largest absolute Gasteiger partial charge is 0.487 e. The van der Waals surface area contributed by atoms with Crippen LogP contribution >= 0.6 is 0 Å². The lowest BCUT2D eigenvalue weighted by Crippen LogP contribution is -2.27. The van der Waals surface area contributed by atoms with Gasteiger partial charge in [-0.3, -0.25) is 14.3 Å². The molecule has 0 spiro atoms. The molecule has 3 aromatic heterocycles. The van der Waals surface area contributed by atoms with Gasteiger partial charge in [-0.1, -0.05) is 0 Å². The van der Waals surface area contributed by atoms with Crippen LogP contribution in [0.5, 0.6) is 11.5 Å². The standard InChI is InChI=1S/C33H32F2N6O6/c1-44-11-13-46-27-16-22-24(17-28(27)47-14-12-45-2)37-19-38-31(22)20-6-9-29(36-18-20)39-32(42)30-25-5-3-4-10-40(25)41(33(30)43)26-15-21(34)7-8-23(26)35/h6-9,15-19H,3-5,10-14H2,1-2H3,(H,36,39,42). The molecule has 14 heteroatoms. The zero-order valence-corrected chi connectivity index (χ0v) is 25.8. The second-order valence-corrected chi connectivity index (χ2v) is 10.7. The molecule has 1 N–H and O–H groups in total. The average molecular weight is 647 g/mol. The van der Waals surface area contributed by atoms with Crippen molar-refractivity contribution in [1.29, 1.82) is 0 Å². The van der Waals surface area contributed by atoms with Crippen LogP contribution in [0.3, 0.4) is 0 Å². The van der Waals surface area contributed by atoms with Gasteiger partial charge >= 0.3 is 0 Å². The number of aromatic nitrogens is 5. The molecule has 0 saturated heterocycles. The van der Waals surface area contributed by atoms with E-state index in [1.54, 1.807) is 49.4 Å². The van der Waals surface area contributed by atoms with Crippen LogP contribution in [0.1, 0.15) is 28.9 Å². The number of nitrogens with zero attached hydrogens (tertiary/aromatic N) is 5. The van der Waals surface area contributed by atoms with E-state index in [9.17, 15) is 18.4 Å². The number of fused-ring (bicyclic) bond motifs is 2. The predicted molar refractivity (Wildman–Crippen MR) is 168 cm³/mol. The first-order valence-corrected chi connectivity index (χ1v) is 15.0. The van der Waals surface area contributed by atoms with Crippen molar-refractivity contribution in [3.8, 4) is 28.4 Å². The van der Waals surface area contributed by atoms with E-state index in [0.717, 1.165) is 35.7 Å². The summed E-state index contributed by atoms with van der Waals surface area (Å²) in [5.74, 6) is -0.991. The van der Waals surface area contributed by atoms with Crippen molar-refractivity contribution < 1.29 is 32.5 Å². The van der Waals surface area contributed by atoms with Gasteiger partial charge in [0.05, 0.1) is 30.1 Å². The number of ether oxygens (including phenoxy) is 4. The van der Waals surface area contributed by atoms with E-state index in [2.05, 4.69) is 20.3 Å². The monoisotopic (exact) mass is 646 g/mol. The maximum atomic E-state index is 14.7. The van der Waals surface area contributed by atoms with Crippen LogP contribution in [0, 0.1) is 11.6 Å².